The summed E-state index contributed by atoms with van der Waals surface area (Å²) >= 11 is 0. The van der Waals surface area contributed by atoms with Crippen LogP contribution in [0.25, 0.3) is 11.1 Å². The Morgan fingerprint density at radius 1 is 1.19 bits per heavy atom. The number of hydrogen-bond donors (Lipinski definition) is 1. The van der Waals surface area contributed by atoms with Crippen LogP contribution in [0.4, 0.5) is 4.39 Å². The summed E-state index contributed by atoms with van der Waals surface area (Å²) in [6.45, 7) is 5.27. The number of halogens is 1. The Labute approximate surface area is 185 Å². The average molecular weight is 433 g/mol. The molecule has 2 heterocycles. The Balaban J connectivity index is 1.55. The minimum atomic E-state index is -0.413. The molecule has 2 amide bonds. The van der Waals surface area contributed by atoms with E-state index in [1.54, 1.807) is 34.1 Å². The van der Waals surface area contributed by atoms with Gasteiger partial charge in [0.2, 0.25) is 11.7 Å². The van der Waals surface area contributed by atoms with Gasteiger partial charge in [-0.05, 0) is 23.6 Å². The number of nitrogens with one attached hydrogen (secondary N) is 1. The first-order valence-corrected chi connectivity index (χ1v) is 10.4. The summed E-state index contributed by atoms with van der Waals surface area (Å²) in [5.74, 6) is -0.835. The summed E-state index contributed by atoms with van der Waals surface area (Å²) in [5.41, 5.74) is 2.25. The standard InChI is InChI=1S/C24H24FN5O2/c1-2-11-29-12-13-30(24(32)22-26-16-27-28-22)15-19(23(29)31)14-17-7-9-18(10-8-17)20-5-3-4-6-21(20)25/h2-10,16,19H,1,11-15H2,(H,26,27,28)/t19-/m1/s1. The molecular formula is C24H24FN5O2. The summed E-state index contributed by atoms with van der Waals surface area (Å²) in [6.07, 6.45) is 3.44. The van der Waals surface area contributed by atoms with Crippen LogP contribution in [0, 0.1) is 11.7 Å². The SMILES string of the molecule is C=CCN1CCN(C(=O)c2ncn[nH]2)C[C@@H](Cc2ccc(-c3ccccc3F)cc2)C1=O. The van der Waals surface area contributed by atoms with Crippen LogP contribution in [-0.4, -0.2) is 63.0 Å². The molecule has 4 rings (SSSR count). The highest BCUT2D eigenvalue weighted by atomic mass is 19.1. The van der Waals surface area contributed by atoms with E-state index in [0.29, 0.717) is 31.6 Å². The van der Waals surface area contributed by atoms with Crippen LogP contribution >= 0.6 is 0 Å². The second-order valence-corrected chi connectivity index (χ2v) is 7.74. The second-order valence-electron chi connectivity index (χ2n) is 7.74. The first-order chi connectivity index (χ1) is 15.6. The van der Waals surface area contributed by atoms with E-state index in [2.05, 4.69) is 21.8 Å². The number of aromatic nitrogens is 3. The Morgan fingerprint density at radius 3 is 2.66 bits per heavy atom. The zero-order valence-electron chi connectivity index (χ0n) is 17.6. The Bertz CT molecular complexity index is 1100. The summed E-state index contributed by atoms with van der Waals surface area (Å²) in [7, 11) is 0. The van der Waals surface area contributed by atoms with E-state index < -0.39 is 5.92 Å². The van der Waals surface area contributed by atoms with Gasteiger partial charge in [0.05, 0.1) is 5.92 Å². The van der Waals surface area contributed by atoms with Crippen LogP contribution in [0.3, 0.4) is 0 Å². The van der Waals surface area contributed by atoms with Gasteiger partial charge in [0.1, 0.15) is 12.1 Å². The topological polar surface area (TPSA) is 82.2 Å². The molecule has 1 aliphatic rings. The highest BCUT2D eigenvalue weighted by molar-refractivity contribution is 5.91. The molecule has 0 unspecified atom stereocenters. The third-order valence-electron chi connectivity index (χ3n) is 5.62. The van der Waals surface area contributed by atoms with Gasteiger partial charge in [0, 0.05) is 31.7 Å². The smallest absolute Gasteiger partial charge is 0.291 e. The molecule has 0 bridgehead atoms. The number of benzene rings is 2. The number of H-pyrrole nitrogens is 1. The van der Waals surface area contributed by atoms with Crippen molar-refractivity contribution in [2.24, 2.45) is 5.92 Å². The van der Waals surface area contributed by atoms with Crippen LogP contribution in [0.1, 0.15) is 16.2 Å². The lowest BCUT2D eigenvalue weighted by Crippen LogP contribution is -2.38. The molecule has 1 atom stereocenters. The lowest BCUT2D eigenvalue weighted by atomic mass is 9.95. The van der Waals surface area contributed by atoms with E-state index >= 15 is 0 Å². The fourth-order valence-electron chi connectivity index (χ4n) is 3.98. The number of nitrogens with zero attached hydrogens (tertiary/aromatic N) is 4. The third-order valence-corrected chi connectivity index (χ3v) is 5.62. The van der Waals surface area contributed by atoms with Crippen molar-refractivity contribution in [1.82, 2.24) is 25.0 Å². The van der Waals surface area contributed by atoms with Crippen molar-refractivity contribution in [3.63, 3.8) is 0 Å². The normalized spacial score (nSPS) is 16.7. The summed E-state index contributed by atoms with van der Waals surface area (Å²) in [6, 6.07) is 14.1. The van der Waals surface area contributed by atoms with E-state index in [-0.39, 0.29) is 30.0 Å². The van der Waals surface area contributed by atoms with Crippen molar-refractivity contribution in [2.45, 2.75) is 6.42 Å². The lowest BCUT2D eigenvalue weighted by molar-refractivity contribution is -0.134. The first-order valence-electron chi connectivity index (χ1n) is 10.4. The number of carbonyl (C=O) groups is 2. The molecule has 3 aromatic rings. The lowest BCUT2D eigenvalue weighted by Gasteiger charge is -2.23. The largest absolute Gasteiger partial charge is 0.337 e. The third kappa shape index (κ3) is 4.59. The summed E-state index contributed by atoms with van der Waals surface area (Å²) in [5, 5.41) is 6.34. The predicted molar refractivity (Wildman–Crippen MR) is 118 cm³/mol. The molecule has 1 N–H and O–H groups in total. The van der Waals surface area contributed by atoms with Crippen molar-refractivity contribution in [2.75, 3.05) is 26.2 Å². The van der Waals surface area contributed by atoms with Gasteiger partial charge in [-0.25, -0.2) is 9.37 Å². The number of amides is 2. The average Bonchev–Trinajstić information content (AvgIpc) is 3.30. The number of aromatic amines is 1. The summed E-state index contributed by atoms with van der Waals surface area (Å²) in [4.78, 5) is 33.3. The Morgan fingerprint density at radius 2 is 1.97 bits per heavy atom. The summed E-state index contributed by atoms with van der Waals surface area (Å²) < 4.78 is 14.1. The molecule has 0 saturated carbocycles. The molecule has 0 aliphatic carbocycles. The molecule has 1 saturated heterocycles. The zero-order valence-corrected chi connectivity index (χ0v) is 17.6. The quantitative estimate of drug-likeness (QED) is 0.606. The highest BCUT2D eigenvalue weighted by Crippen LogP contribution is 2.24. The zero-order chi connectivity index (χ0) is 22.5. The van der Waals surface area contributed by atoms with Gasteiger partial charge in [-0.15, -0.1) is 6.58 Å². The van der Waals surface area contributed by atoms with Gasteiger partial charge in [-0.1, -0.05) is 48.5 Å². The number of rotatable bonds is 6. The first kappa shape index (κ1) is 21.4. The molecule has 1 aliphatic heterocycles. The van der Waals surface area contributed by atoms with E-state index in [1.807, 2.05) is 24.3 Å². The van der Waals surface area contributed by atoms with E-state index in [9.17, 15) is 14.0 Å². The minimum Gasteiger partial charge on any atom is -0.337 e. The highest BCUT2D eigenvalue weighted by Gasteiger charge is 2.33. The number of carbonyl (C=O) groups excluding carboxylic acids is 2. The molecular weight excluding hydrogens is 409 g/mol. The van der Waals surface area contributed by atoms with Crippen molar-refractivity contribution < 1.29 is 14.0 Å². The molecule has 164 valence electrons. The molecule has 32 heavy (non-hydrogen) atoms. The van der Waals surface area contributed by atoms with Gasteiger partial charge in [-0.3, -0.25) is 14.7 Å². The van der Waals surface area contributed by atoms with Crippen LogP contribution in [0.15, 0.2) is 67.5 Å². The molecule has 8 heteroatoms. The fourth-order valence-corrected chi connectivity index (χ4v) is 3.98. The van der Waals surface area contributed by atoms with Crippen LogP contribution in [0.5, 0.6) is 0 Å². The molecule has 7 nitrogen and oxygen atoms in total. The van der Waals surface area contributed by atoms with Crippen LogP contribution < -0.4 is 0 Å². The van der Waals surface area contributed by atoms with E-state index in [0.717, 1.165) is 11.1 Å². The maximum Gasteiger partial charge on any atom is 0.291 e. The Hall–Kier alpha value is -3.81. The van der Waals surface area contributed by atoms with Crippen LogP contribution in [-0.2, 0) is 11.2 Å². The predicted octanol–water partition coefficient (Wildman–Crippen LogP) is 2.94. The molecule has 0 radical (unpaired) electrons. The molecule has 1 fully saturated rings. The second kappa shape index (κ2) is 9.55. The van der Waals surface area contributed by atoms with Crippen molar-refractivity contribution in [3.05, 3.63) is 84.7 Å². The van der Waals surface area contributed by atoms with E-state index in [1.165, 1.54) is 12.4 Å². The minimum absolute atomic E-state index is 0.0176. The molecule has 1 aromatic heterocycles. The van der Waals surface area contributed by atoms with Crippen molar-refractivity contribution in [3.8, 4) is 11.1 Å². The monoisotopic (exact) mass is 433 g/mol. The molecule has 2 aromatic carbocycles. The fraction of sp³-hybridized carbons (Fsp3) is 0.250. The Kier molecular flexibility index (Phi) is 6.39. The van der Waals surface area contributed by atoms with Crippen molar-refractivity contribution >= 4 is 11.8 Å². The maximum atomic E-state index is 14.1. The number of hydrogen-bond acceptors (Lipinski definition) is 4. The van der Waals surface area contributed by atoms with Crippen molar-refractivity contribution in [1.29, 1.82) is 0 Å². The van der Waals surface area contributed by atoms with Gasteiger partial charge < -0.3 is 9.80 Å². The molecule has 0 spiro atoms. The van der Waals surface area contributed by atoms with E-state index in [4.69, 9.17) is 0 Å². The van der Waals surface area contributed by atoms with Gasteiger partial charge in [-0.2, -0.15) is 5.10 Å². The van der Waals surface area contributed by atoms with Gasteiger partial charge in [0.25, 0.3) is 5.91 Å². The van der Waals surface area contributed by atoms with Gasteiger partial charge >= 0.3 is 0 Å². The van der Waals surface area contributed by atoms with Crippen LogP contribution in [0.2, 0.25) is 0 Å². The van der Waals surface area contributed by atoms with Gasteiger partial charge in [0.15, 0.2) is 0 Å². The maximum absolute atomic E-state index is 14.1.